The van der Waals surface area contributed by atoms with E-state index in [0.717, 1.165) is 22.7 Å². The number of anilines is 3. The van der Waals surface area contributed by atoms with Gasteiger partial charge < -0.3 is 9.47 Å². The standard InChI is InChI=1S/C60H40N2/c1-2-13-43(14-3-1)54-23-11-16-45-17-12-24-55(60(45)54)46-18-10-19-50(39-46)61(51-37-38-53-47(40-51)28-27-44-15-4-5-20-52(44)53)48-33-29-41(30-34-48)42-31-35-49(36-32-42)62-58-25-8-6-21-56(58)57-22-7-9-26-59(57)62/h1-40H. The molecule has 2 heteroatoms. The fourth-order valence-electron chi connectivity index (χ4n) is 9.65. The molecule has 290 valence electrons. The van der Waals surface area contributed by atoms with Crippen LogP contribution in [0, 0.1) is 0 Å². The van der Waals surface area contributed by atoms with E-state index in [1.54, 1.807) is 0 Å². The van der Waals surface area contributed by atoms with Crippen LogP contribution >= 0.6 is 0 Å². The number of aromatic nitrogens is 1. The molecule has 0 spiro atoms. The highest BCUT2D eigenvalue weighted by Gasteiger charge is 2.18. The van der Waals surface area contributed by atoms with Crippen LogP contribution < -0.4 is 4.90 Å². The molecule has 0 fully saturated rings. The van der Waals surface area contributed by atoms with Crippen LogP contribution in [0.15, 0.2) is 243 Å². The predicted octanol–water partition coefficient (Wildman–Crippen LogP) is 16.7. The van der Waals surface area contributed by atoms with Gasteiger partial charge in [-0.25, -0.2) is 0 Å². The average molecular weight is 789 g/mol. The summed E-state index contributed by atoms with van der Waals surface area (Å²) in [7, 11) is 0. The number of hydrogen-bond acceptors (Lipinski definition) is 1. The fourth-order valence-corrected chi connectivity index (χ4v) is 9.65. The Hall–Kier alpha value is -8.20. The molecular formula is C60H40N2. The largest absolute Gasteiger partial charge is 0.310 e. The maximum atomic E-state index is 2.40. The molecule has 0 aliphatic heterocycles. The van der Waals surface area contributed by atoms with Gasteiger partial charge in [-0.3, -0.25) is 0 Å². The monoisotopic (exact) mass is 788 g/mol. The van der Waals surface area contributed by atoms with Crippen molar-refractivity contribution in [2.45, 2.75) is 0 Å². The zero-order chi connectivity index (χ0) is 41.0. The van der Waals surface area contributed by atoms with Gasteiger partial charge in [-0.2, -0.15) is 0 Å². The smallest absolute Gasteiger partial charge is 0.0541 e. The van der Waals surface area contributed by atoms with Gasteiger partial charge in [-0.15, -0.1) is 0 Å². The number of hydrogen-bond donors (Lipinski definition) is 0. The second-order valence-electron chi connectivity index (χ2n) is 16.1. The van der Waals surface area contributed by atoms with Crippen molar-refractivity contribution < 1.29 is 0 Å². The number of rotatable bonds is 7. The first kappa shape index (κ1) is 35.7. The van der Waals surface area contributed by atoms with Gasteiger partial charge in [0.05, 0.1) is 11.0 Å². The molecule has 1 heterocycles. The van der Waals surface area contributed by atoms with Gasteiger partial charge in [0.2, 0.25) is 0 Å². The molecule has 62 heavy (non-hydrogen) atoms. The van der Waals surface area contributed by atoms with E-state index in [4.69, 9.17) is 0 Å². The molecule has 0 N–H and O–H groups in total. The van der Waals surface area contributed by atoms with Crippen LogP contribution in [-0.4, -0.2) is 4.57 Å². The molecule has 0 unspecified atom stereocenters. The van der Waals surface area contributed by atoms with E-state index in [1.165, 1.54) is 87.5 Å². The molecule has 0 radical (unpaired) electrons. The Bertz CT molecular complexity index is 3560. The maximum Gasteiger partial charge on any atom is 0.0541 e. The molecule has 2 nitrogen and oxygen atoms in total. The van der Waals surface area contributed by atoms with Gasteiger partial charge in [0.1, 0.15) is 0 Å². The molecule has 12 aromatic rings. The first-order valence-corrected chi connectivity index (χ1v) is 21.3. The normalized spacial score (nSPS) is 11.5. The summed E-state index contributed by atoms with van der Waals surface area (Å²) in [6.45, 7) is 0. The molecule has 0 aliphatic rings. The van der Waals surface area contributed by atoms with Crippen LogP contribution in [0.4, 0.5) is 17.1 Å². The highest BCUT2D eigenvalue weighted by molar-refractivity contribution is 6.10. The molecule has 0 aliphatic carbocycles. The summed E-state index contributed by atoms with van der Waals surface area (Å²) in [5.41, 5.74) is 14.1. The highest BCUT2D eigenvalue weighted by atomic mass is 15.1. The van der Waals surface area contributed by atoms with Gasteiger partial charge in [-0.05, 0) is 126 Å². The lowest BCUT2D eigenvalue weighted by molar-refractivity contribution is 1.18. The molecule has 0 bridgehead atoms. The van der Waals surface area contributed by atoms with E-state index >= 15 is 0 Å². The van der Waals surface area contributed by atoms with E-state index in [9.17, 15) is 0 Å². The Balaban J connectivity index is 0.963. The molecule has 12 rings (SSSR count). The number of para-hydroxylation sites is 2. The van der Waals surface area contributed by atoms with Crippen LogP contribution in [-0.2, 0) is 0 Å². The first-order chi connectivity index (χ1) is 30.7. The average Bonchev–Trinajstić information content (AvgIpc) is 3.68. The van der Waals surface area contributed by atoms with E-state index < -0.39 is 0 Å². The van der Waals surface area contributed by atoms with Crippen LogP contribution in [0.2, 0.25) is 0 Å². The zero-order valence-electron chi connectivity index (χ0n) is 34.0. The van der Waals surface area contributed by atoms with E-state index in [0.29, 0.717) is 0 Å². The summed E-state index contributed by atoms with van der Waals surface area (Å²) in [4.78, 5) is 2.40. The van der Waals surface area contributed by atoms with Crippen LogP contribution in [0.1, 0.15) is 0 Å². The van der Waals surface area contributed by atoms with E-state index in [2.05, 4.69) is 252 Å². The Kier molecular flexibility index (Phi) is 8.53. The minimum absolute atomic E-state index is 1.09. The molecule has 0 saturated carbocycles. The van der Waals surface area contributed by atoms with Gasteiger partial charge in [-0.1, -0.05) is 182 Å². The van der Waals surface area contributed by atoms with Crippen molar-refractivity contribution in [1.82, 2.24) is 4.57 Å². The van der Waals surface area contributed by atoms with Crippen molar-refractivity contribution in [3.63, 3.8) is 0 Å². The van der Waals surface area contributed by atoms with Gasteiger partial charge >= 0.3 is 0 Å². The summed E-state index contributed by atoms with van der Waals surface area (Å²) in [6, 6.07) is 88.5. The molecule has 1 aromatic heterocycles. The Morgan fingerprint density at radius 2 is 0.790 bits per heavy atom. The summed E-state index contributed by atoms with van der Waals surface area (Å²) >= 11 is 0. The second-order valence-corrected chi connectivity index (χ2v) is 16.1. The van der Waals surface area contributed by atoms with Gasteiger partial charge in [0.15, 0.2) is 0 Å². The minimum atomic E-state index is 1.09. The summed E-state index contributed by atoms with van der Waals surface area (Å²) < 4.78 is 2.37. The minimum Gasteiger partial charge on any atom is -0.310 e. The van der Waals surface area contributed by atoms with Crippen molar-refractivity contribution >= 4 is 71.2 Å². The first-order valence-electron chi connectivity index (χ1n) is 21.3. The zero-order valence-corrected chi connectivity index (χ0v) is 34.0. The van der Waals surface area contributed by atoms with Crippen molar-refractivity contribution in [3.05, 3.63) is 243 Å². The molecule has 11 aromatic carbocycles. The lowest BCUT2D eigenvalue weighted by Crippen LogP contribution is -2.10. The molecule has 0 atom stereocenters. The summed E-state index contributed by atoms with van der Waals surface area (Å²) in [6.07, 6.45) is 0. The third-order valence-corrected chi connectivity index (χ3v) is 12.6. The number of fused-ring (bicyclic) bond motifs is 7. The second kappa shape index (κ2) is 14.8. The third kappa shape index (κ3) is 6.04. The molecular weight excluding hydrogens is 749 g/mol. The quantitative estimate of drug-likeness (QED) is 0.146. The van der Waals surface area contributed by atoms with Crippen molar-refractivity contribution in [2.75, 3.05) is 4.90 Å². The van der Waals surface area contributed by atoms with E-state index in [-0.39, 0.29) is 0 Å². The molecule has 0 saturated heterocycles. The van der Waals surface area contributed by atoms with Crippen LogP contribution in [0.3, 0.4) is 0 Å². The topological polar surface area (TPSA) is 8.17 Å². The van der Waals surface area contributed by atoms with Crippen molar-refractivity contribution in [2.24, 2.45) is 0 Å². The Labute approximate surface area is 360 Å². The fraction of sp³-hybridized carbons (Fsp3) is 0. The van der Waals surface area contributed by atoms with Gasteiger partial charge in [0.25, 0.3) is 0 Å². The lowest BCUT2D eigenvalue weighted by Gasteiger charge is -2.27. The highest BCUT2D eigenvalue weighted by Crippen LogP contribution is 2.42. The SMILES string of the molecule is c1ccc(-c2cccc3cccc(-c4cccc(N(c5ccc(-c6ccc(-n7c8ccccc8c8ccccc87)cc6)cc5)c5ccc6c(ccc7ccccc76)c5)c4)c23)cc1. The van der Waals surface area contributed by atoms with Gasteiger partial charge in [0, 0.05) is 33.5 Å². The maximum absolute atomic E-state index is 2.40. The third-order valence-electron chi connectivity index (χ3n) is 12.6. The number of benzene rings is 11. The van der Waals surface area contributed by atoms with E-state index in [1.807, 2.05) is 0 Å². The molecule has 0 amide bonds. The number of nitrogens with zero attached hydrogens (tertiary/aromatic N) is 2. The van der Waals surface area contributed by atoms with Crippen molar-refractivity contribution in [1.29, 1.82) is 0 Å². The van der Waals surface area contributed by atoms with Crippen molar-refractivity contribution in [3.8, 4) is 39.1 Å². The lowest BCUT2D eigenvalue weighted by atomic mass is 9.91. The summed E-state index contributed by atoms with van der Waals surface area (Å²) in [5.74, 6) is 0. The Morgan fingerprint density at radius 1 is 0.274 bits per heavy atom. The Morgan fingerprint density at radius 3 is 1.52 bits per heavy atom. The predicted molar refractivity (Wildman–Crippen MR) is 264 cm³/mol. The van der Waals surface area contributed by atoms with Crippen LogP contribution in [0.25, 0.3) is 93.2 Å². The van der Waals surface area contributed by atoms with Crippen LogP contribution in [0.5, 0.6) is 0 Å². The summed E-state index contributed by atoms with van der Waals surface area (Å²) in [5, 5.41) is 10.0.